The average Bonchev–Trinajstić information content (AvgIpc) is 2.30. The fraction of sp³-hybridized carbons (Fsp3) is 1.00. The molecule has 3 heteroatoms. The first-order valence-corrected chi connectivity index (χ1v) is 6.52. The summed E-state index contributed by atoms with van der Waals surface area (Å²) in [6, 6.07) is 0.610. The second-order valence-electron chi connectivity index (χ2n) is 4.47. The van der Waals surface area contributed by atoms with E-state index in [9.17, 15) is 0 Å². The zero-order valence-electron chi connectivity index (χ0n) is 11.4. The second kappa shape index (κ2) is 11.4. The number of methoxy groups -OCH3 is 1. The minimum atomic E-state index is 0.610. The molecule has 0 saturated carbocycles. The summed E-state index contributed by atoms with van der Waals surface area (Å²) in [5.41, 5.74) is 0. The summed E-state index contributed by atoms with van der Waals surface area (Å²) < 4.78 is 10.4. The third kappa shape index (κ3) is 9.13. The molecule has 0 spiro atoms. The van der Waals surface area contributed by atoms with Gasteiger partial charge in [0.2, 0.25) is 0 Å². The smallest absolute Gasteiger partial charge is 0.0700 e. The van der Waals surface area contributed by atoms with E-state index in [1.54, 1.807) is 7.11 Å². The van der Waals surface area contributed by atoms with Gasteiger partial charge in [0.05, 0.1) is 13.2 Å². The molecule has 0 rings (SSSR count). The molecule has 0 radical (unpaired) electrons. The Morgan fingerprint density at radius 2 is 1.88 bits per heavy atom. The van der Waals surface area contributed by atoms with Gasteiger partial charge in [-0.3, -0.25) is 0 Å². The van der Waals surface area contributed by atoms with E-state index >= 15 is 0 Å². The van der Waals surface area contributed by atoms with E-state index < -0.39 is 0 Å². The van der Waals surface area contributed by atoms with Gasteiger partial charge in [0.15, 0.2) is 0 Å². The number of hydrogen-bond donors (Lipinski definition) is 1. The van der Waals surface area contributed by atoms with Crippen LogP contribution in [0.4, 0.5) is 0 Å². The Morgan fingerprint density at radius 3 is 2.50 bits per heavy atom. The summed E-state index contributed by atoms with van der Waals surface area (Å²) >= 11 is 0. The van der Waals surface area contributed by atoms with E-state index in [0.29, 0.717) is 19.3 Å². The normalized spacial score (nSPS) is 15.0. The Kier molecular flexibility index (Phi) is 11.3. The first kappa shape index (κ1) is 15.9. The van der Waals surface area contributed by atoms with Crippen molar-refractivity contribution in [2.45, 2.75) is 46.1 Å². The molecule has 1 N–H and O–H groups in total. The number of nitrogens with one attached hydrogen (secondary N) is 1. The van der Waals surface area contributed by atoms with E-state index in [1.807, 2.05) is 0 Å². The van der Waals surface area contributed by atoms with Gasteiger partial charge in [0, 0.05) is 19.8 Å². The summed E-state index contributed by atoms with van der Waals surface area (Å²) in [6.45, 7) is 10.2. The van der Waals surface area contributed by atoms with E-state index in [4.69, 9.17) is 9.47 Å². The van der Waals surface area contributed by atoms with Crippen LogP contribution in [0.25, 0.3) is 0 Å². The lowest BCUT2D eigenvalue weighted by molar-refractivity contribution is 0.0669. The van der Waals surface area contributed by atoms with Crippen LogP contribution in [-0.4, -0.2) is 39.5 Å². The van der Waals surface area contributed by atoms with Crippen LogP contribution in [-0.2, 0) is 9.47 Å². The minimum absolute atomic E-state index is 0.610. The van der Waals surface area contributed by atoms with Gasteiger partial charge in [-0.1, -0.05) is 13.8 Å². The quantitative estimate of drug-likeness (QED) is 0.554. The standard InChI is InChI=1S/C13H29NO2/c1-5-8-14-13(3)12(2)7-6-9-16-11-10-15-4/h12-14H,5-11H2,1-4H3. The monoisotopic (exact) mass is 231 g/mol. The lowest BCUT2D eigenvalue weighted by Gasteiger charge is -2.21. The maximum absolute atomic E-state index is 5.44. The van der Waals surface area contributed by atoms with E-state index in [1.165, 1.54) is 12.8 Å². The van der Waals surface area contributed by atoms with Crippen LogP contribution < -0.4 is 5.32 Å². The van der Waals surface area contributed by atoms with Crippen LogP contribution in [0.5, 0.6) is 0 Å². The maximum atomic E-state index is 5.44. The molecule has 0 fully saturated rings. The molecule has 0 aromatic heterocycles. The van der Waals surface area contributed by atoms with E-state index in [0.717, 1.165) is 25.5 Å². The summed E-state index contributed by atoms with van der Waals surface area (Å²) in [7, 11) is 1.70. The van der Waals surface area contributed by atoms with Gasteiger partial charge < -0.3 is 14.8 Å². The van der Waals surface area contributed by atoms with Crippen molar-refractivity contribution in [1.82, 2.24) is 5.32 Å². The molecule has 3 nitrogen and oxygen atoms in total. The molecule has 2 atom stereocenters. The SMILES string of the molecule is CCCNC(C)C(C)CCCOCCOC. The number of rotatable bonds is 11. The van der Waals surface area contributed by atoms with E-state index in [-0.39, 0.29) is 0 Å². The van der Waals surface area contributed by atoms with Crippen molar-refractivity contribution in [2.24, 2.45) is 5.92 Å². The first-order chi connectivity index (χ1) is 7.72. The fourth-order valence-corrected chi connectivity index (χ4v) is 1.57. The largest absolute Gasteiger partial charge is 0.382 e. The molecular weight excluding hydrogens is 202 g/mol. The Balaban J connectivity index is 3.31. The molecular formula is C13H29NO2. The van der Waals surface area contributed by atoms with Crippen LogP contribution >= 0.6 is 0 Å². The molecule has 0 saturated heterocycles. The van der Waals surface area contributed by atoms with Gasteiger partial charge in [-0.15, -0.1) is 0 Å². The van der Waals surface area contributed by atoms with Crippen LogP contribution in [0, 0.1) is 5.92 Å². The Labute approximate surface area is 101 Å². The van der Waals surface area contributed by atoms with Crippen molar-refractivity contribution < 1.29 is 9.47 Å². The Morgan fingerprint density at radius 1 is 1.12 bits per heavy atom. The average molecular weight is 231 g/mol. The molecule has 98 valence electrons. The zero-order chi connectivity index (χ0) is 12.2. The van der Waals surface area contributed by atoms with Crippen molar-refractivity contribution in [3.8, 4) is 0 Å². The fourth-order valence-electron chi connectivity index (χ4n) is 1.57. The predicted molar refractivity (Wildman–Crippen MR) is 68.8 cm³/mol. The van der Waals surface area contributed by atoms with Crippen molar-refractivity contribution >= 4 is 0 Å². The Bertz CT molecular complexity index is 142. The number of ether oxygens (including phenoxy) is 2. The van der Waals surface area contributed by atoms with Crippen molar-refractivity contribution in [3.63, 3.8) is 0 Å². The van der Waals surface area contributed by atoms with Gasteiger partial charge in [0.25, 0.3) is 0 Å². The zero-order valence-corrected chi connectivity index (χ0v) is 11.4. The van der Waals surface area contributed by atoms with Gasteiger partial charge >= 0.3 is 0 Å². The molecule has 0 bridgehead atoms. The highest BCUT2D eigenvalue weighted by atomic mass is 16.5. The molecule has 0 heterocycles. The number of hydrogen-bond acceptors (Lipinski definition) is 3. The molecule has 0 aromatic carbocycles. The van der Waals surface area contributed by atoms with Gasteiger partial charge in [-0.05, 0) is 38.6 Å². The highest BCUT2D eigenvalue weighted by Crippen LogP contribution is 2.10. The summed E-state index contributed by atoms with van der Waals surface area (Å²) in [6.07, 6.45) is 3.57. The van der Waals surface area contributed by atoms with Crippen molar-refractivity contribution in [2.75, 3.05) is 33.5 Å². The first-order valence-electron chi connectivity index (χ1n) is 6.52. The lowest BCUT2D eigenvalue weighted by atomic mass is 9.98. The highest BCUT2D eigenvalue weighted by molar-refractivity contribution is 4.67. The molecule has 0 aliphatic rings. The Hall–Kier alpha value is -0.120. The van der Waals surface area contributed by atoms with Crippen molar-refractivity contribution in [1.29, 1.82) is 0 Å². The van der Waals surface area contributed by atoms with Crippen LogP contribution in [0.3, 0.4) is 0 Å². The summed E-state index contributed by atoms with van der Waals surface area (Å²) in [5.74, 6) is 0.720. The molecule has 0 amide bonds. The lowest BCUT2D eigenvalue weighted by Crippen LogP contribution is -2.32. The van der Waals surface area contributed by atoms with Crippen LogP contribution in [0.2, 0.25) is 0 Å². The summed E-state index contributed by atoms with van der Waals surface area (Å²) in [5, 5.41) is 3.53. The molecule has 0 aromatic rings. The molecule has 0 aliphatic carbocycles. The minimum Gasteiger partial charge on any atom is -0.382 e. The third-order valence-electron chi connectivity index (χ3n) is 2.95. The van der Waals surface area contributed by atoms with E-state index in [2.05, 4.69) is 26.1 Å². The van der Waals surface area contributed by atoms with Gasteiger partial charge in [0.1, 0.15) is 0 Å². The highest BCUT2D eigenvalue weighted by Gasteiger charge is 2.10. The van der Waals surface area contributed by atoms with Crippen LogP contribution in [0.15, 0.2) is 0 Å². The molecule has 0 aliphatic heterocycles. The van der Waals surface area contributed by atoms with Crippen LogP contribution in [0.1, 0.15) is 40.0 Å². The molecule has 2 unspecified atom stereocenters. The summed E-state index contributed by atoms with van der Waals surface area (Å²) in [4.78, 5) is 0. The van der Waals surface area contributed by atoms with Gasteiger partial charge in [-0.25, -0.2) is 0 Å². The van der Waals surface area contributed by atoms with Crippen molar-refractivity contribution in [3.05, 3.63) is 0 Å². The van der Waals surface area contributed by atoms with Gasteiger partial charge in [-0.2, -0.15) is 0 Å². The predicted octanol–water partition coefficient (Wildman–Crippen LogP) is 2.45. The topological polar surface area (TPSA) is 30.5 Å². The second-order valence-corrected chi connectivity index (χ2v) is 4.47. The molecule has 16 heavy (non-hydrogen) atoms. The third-order valence-corrected chi connectivity index (χ3v) is 2.95. The maximum Gasteiger partial charge on any atom is 0.0700 e.